The molecule has 0 radical (unpaired) electrons. The van der Waals surface area contributed by atoms with E-state index in [1.165, 1.54) is 44.1 Å². The molecule has 70 valence electrons. The summed E-state index contributed by atoms with van der Waals surface area (Å²) < 4.78 is 0. The molecule has 1 aliphatic carbocycles. The summed E-state index contributed by atoms with van der Waals surface area (Å²) in [5.41, 5.74) is 6.84. The van der Waals surface area contributed by atoms with Crippen molar-refractivity contribution in [3.8, 4) is 0 Å². The maximum absolute atomic E-state index is 5.47. The average Bonchev–Trinajstić information content (AvgIpc) is 2.06. The lowest BCUT2D eigenvalue weighted by Crippen LogP contribution is -2.08. The Labute approximate surface area is 76.0 Å². The van der Waals surface area contributed by atoms with Crippen LogP contribution in [0.2, 0.25) is 0 Å². The van der Waals surface area contributed by atoms with Crippen molar-refractivity contribution < 1.29 is 0 Å². The fourth-order valence-electron chi connectivity index (χ4n) is 2.11. The van der Waals surface area contributed by atoms with Crippen molar-refractivity contribution >= 4 is 0 Å². The number of rotatable bonds is 4. The van der Waals surface area contributed by atoms with Crippen LogP contribution in [0.25, 0.3) is 0 Å². The molecule has 0 aromatic carbocycles. The van der Waals surface area contributed by atoms with Gasteiger partial charge < -0.3 is 5.73 Å². The minimum absolute atomic E-state index is 0.769. The highest BCUT2D eigenvalue weighted by Gasteiger charge is 2.13. The zero-order valence-corrected chi connectivity index (χ0v) is 8.02. The van der Waals surface area contributed by atoms with Gasteiger partial charge in [-0.1, -0.05) is 44.3 Å². The van der Waals surface area contributed by atoms with Gasteiger partial charge in [-0.3, -0.25) is 0 Å². The topological polar surface area (TPSA) is 26.0 Å². The minimum Gasteiger partial charge on any atom is -0.330 e. The third kappa shape index (κ3) is 3.40. The van der Waals surface area contributed by atoms with Gasteiger partial charge in [0.2, 0.25) is 0 Å². The first kappa shape index (κ1) is 9.79. The molecule has 12 heavy (non-hydrogen) atoms. The van der Waals surface area contributed by atoms with Crippen molar-refractivity contribution in [3.63, 3.8) is 0 Å². The highest BCUT2D eigenvalue weighted by atomic mass is 14.5. The molecule has 0 heterocycles. The molecule has 1 saturated carbocycles. The molecule has 0 unspecified atom stereocenters. The molecule has 1 rings (SSSR count). The lowest BCUT2D eigenvalue weighted by molar-refractivity contribution is 0.354. The summed E-state index contributed by atoms with van der Waals surface area (Å²) in [7, 11) is 0. The van der Waals surface area contributed by atoms with Crippen molar-refractivity contribution in [1.29, 1.82) is 0 Å². The van der Waals surface area contributed by atoms with Crippen molar-refractivity contribution in [2.24, 2.45) is 11.7 Å². The van der Waals surface area contributed by atoms with Gasteiger partial charge in [0.05, 0.1) is 0 Å². The Morgan fingerprint density at radius 1 is 1.25 bits per heavy atom. The molecule has 0 spiro atoms. The summed E-state index contributed by atoms with van der Waals surface area (Å²) in [6.07, 6.45) is 9.40. The summed E-state index contributed by atoms with van der Waals surface area (Å²) in [4.78, 5) is 0. The van der Waals surface area contributed by atoms with Crippen molar-refractivity contribution in [3.05, 3.63) is 12.2 Å². The van der Waals surface area contributed by atoms with Crippen LogP contribution in [0.3, 0.4) is 0 Å². The van der Waals surface area contributed by atoms with Crippen molar-refractivity contribution in [2.75, 3.05) is 6.54 Å². The molecular weight excluding hydrogens is 146 g/mol. The Morgan fingerprint density at radius 2 is 1.92 bits per heavy atom. The van der Waals surface area contributed by atoms with Gasteiger partial charge in [-0.2, -0.15) is 0 Å². The lowest BCUT2D eigenvalue weighted by atomic mass is 9.84. The van der Waals surface area contributed by atoms with E-state index in [1.807, 2.05) is 0 Å². The highest BCUT2D eigenvalue weighted by molar-refractivity contribution is 4.96. The van der Waals surface area contributed by atoms with Crippen LogP contribution >= 0.6 is 0 Å². The van der Waals surface area contributed by atoms with Gasteiger partial charge in [0.25, 0.3) is 0 Å². The zero-order valence-electron chi connectivity index (χ0n) is 8.02. The van der Waals surface area contributed by atoms with Crippen LogP contribution in [0, 0.1) is 5.92 Å². The molecule has 1 heteroatoms. The third-order valence-corrected chi connectivity index (χ3v) is 2.80. The smallest absolute Gasteiger partial charge is 0.00400 e. The Bertz CT molecular complexity index is 134. The van der Waals surface area contributed by atoms with Crippen LogP contribution < -0.4 is 5.73 Å². The van der Waals surface area contributed by atoms with Gasteiger partial charge in [-0.25, -0.2) is 0 Å². The number of hydrogen-bond acceptors (Lipinski definition) is 1. The van der Waals surface area contributed by atoms with E-state index < -0.39 is 0 Å². The Hall–Kier alpha value is -0.300. The molecule has 0 bridgehead atoms. The predicted octanol–water partition coefficient (Wildman–Crippen LogP) is 2.86. The molecular formula is C11H21N. The Balaban J connectivity index is 2.15. The maximum Gasteiger partial charge on any atom is -0.00400 e. The summed E-state index contributed by atoms with van der Waals surface area (Å²) >= 11 is 0. The standard InChI is InChI=1S/C11H21N/c1-10(7-8-12)9-11-5-3-2-4-6-11/h11H,1-9,12H2. The van der Waals surface area contributed by atoms with E-state index in [0.29, 0.717) is 0 Å². The average molecular weight is 167 g/mol. The first-order valence-corrected chi connectivity index (χ1v) is 5.19. The van der Waals surface area contributed by atoms with Crippen LogP contribution in [0.5, 0.6) is 0 Å². The number of nitrogens with two attached hydrogens (primary N) is 1. The normalized spacial score (nSPS) is 19.4. The fourth-order valence-corrected chi connectivity index (χ4v) is 2.11. The van der Waals surface area contributed by atoms with E-state index in [4.69, 9.17) is 5.73 Å². The largest absolute Gasteiger partial charge is 0.330 e. The SMILES string of the molecule is C=C(CCN)CC1CCCCC1. The zero-order chi connectivity index (χ0) is 8.81. The molecule has 1 fully saturated rings. The summed E-state index contributed by atoms with van der Waals surface area (Å²) in [6.45, 7) is 4.83. The Kier molecular flexibility index (Phi) is 4.37. The van der Waals surface area contributed by atoms with Gasteiger partial charge in [-0.05, 0) is 25.3 Å². The van der Waals surface area contributed by atoms with E-state index in [-0.39, 0.29) is 0 Å². The summed E-state index contributed by atoms with van der Waals surface area (Å²) in [6, 6.07) is 0. The monoisotopic (exact) mass is 167 g/mol. The van der Waals surface area contributed by atoms with Crippen LogP contribution in [-0.2, 0) is 0 Å². The highest BCUT2D eigenvalue weighted by Crippen LogP contribution is 2.28. The fraction of sp³-hybridized carbons (Fsp3) is 0.818. The summed E-state index contributed by atoms with van der Waals surface area (Å²) in [5, 5.41) is 0. The van der Waals surface area contributed by atoms with Crippen molar-refractivity contribution in [2.45, 2.75) is 44.9 Å². The quantitative estimate of drug-likeness (QED) is 0.640. The van der Waals surface area contributed by atoms with Crippen LogP contribution in [0.15, 0.2) is 12.2 Å². The van der Waals surface area contributed by atoms with E-state index in [0.717, 1.165) is 18.9 Å². The molecule has 0 aromatic heterocycles. The molecule has 0 aromatic rings. The molecule has 0 aliphatic heterocycles. The van der Waals surface area contributed by atoms with Crippen LogP contribution in [-0.4, -0.2) is 6.54 Å². The van der Waals surface area contributed by atoms with Gasteiger partial charge >= 0.3 is 0 Å². The van der Waals surface area contributed by atoms with Crippen molar-refractivity contribution in [1.82, 2.24) is 0 Å². The predicted molar refractivity (Wildman–Crippen MR) is 54.0 cm³/mol. The van der Waals surface area contributed by atoms with E-state index in [9.17, 15) is 0 Å². The molecule has 1 aliphatic rings. The molecule has 0 saturated heterocycles. The van der Waals surface area contributed by atoms with Gasteiger partial charge in [0.15, 0.2) is 0 Å². The molecule has 2 N–H and O–H groups in total. The van der Waals surface area contributed by atoms with E-state index >= 15 is 0 Å². The van der Waals surface area contributed by atoms with E-state index in [1.54, 1.807) is 0 Å². The lowest BCUT2D eigenvalue weighted by Gasteiger charge is -2.22. The second-order valence-electron chi connectivity index (χ2n) is 4.00. The molecule has 1 nitrogen and oxygen atoms in total. The Morgan fingerprint density at radius 3 is 2.50 bits per heavy atom. The second kappa shape index (κ2) is 5.36. The molecule has 0 amide bonds. The summed E-state index contributed by atoms with van der Waals surface area (Å²) in [5.74, 6) is 0.929. The van der Waals surface area contributed by atoms with Crippen LogP contribution in [0.4, 0.5) is 0 Å². The van der Waals surface area contributed by atoms with E-state index in [2.05, 4.69) is 6.58 Å². The number of hydrogen-bond donors (Lipinski definition) is 1. The minimum atomic E-state index is 0.769. The maximum atomic E-state index is 5.47. The first-order valence-electron chi connectivity index (χ1n) is 5.19. The van der Waals surface area contributed by atoms with Gasteiger partial charge in [-0.15, -0.1) is 0 Å². The first-order chi connectivity index (χ1) is 5.83. The molecule has 0 atom stereocenters. The second-order valence-corrected chi connectivity index (χ2v) is 4.00. The van der Waals surface area contributed by atoms with Gasteiger partial charge in [0.1, 0.15) is 0 Å². The van der Waals surface area contributed by atoms with Crippen LogP contribution in [0.1, 0.15) is 44.9 Å². The van der Waals surface area contributed by atoms with Gasteiger partial charge in [0, 0.05) is 0 Å². The third-order valence-electron chi connectivity index (χ3n) is 2.80.